The quantitative estimate of drug-likeness (QED) is 0.579. The molecule has 1 N–H and O–H groups in total. The molecular weight excluding hydrogens is 359 g/mol. The number of hydrogen-bond donors (Lipinski definition) is 1. The number of aromatic nitrogens is 5. The van der Waals surface area contributed by atoms with Crippen molar-refractivity contribution in [1.82, 2.24) is 29.5 Å². The van der Waals surface area contributed by atoms with Crippen LogP contribution < -0.4 is 5.32 Å². The Bertz CT molecular complexity index is 1150. The summed E-state index contributed by atoms with van der Waals surface area (Å²) < 4.78 is 16.7. The molecule has 142 valence electrons. The Balaban J connectivity index is 1.51. The molecule has 0 bridgehead atoms. The largest absolute Gasteiger partial charge is 0.350 e. The van der Waals surface area contributed by atoms with Gasteiger partial charge in [0.2, 0.25) is 0 Å². The molecule has 0 aliphatic heterocycles. The van der Waals surface area contributed by atoms with Crippen LogP contribution in [0.2, 0.25) is 0 Å². The van der Waals surface area contributed by atoms with Gasteiger partial charge < -0.3 is 9.88 Å². The van der Waals surface area contributed by atoms with E-state index in [2.05, 4.69) is 20.4 Å². The molecule has 3 heterocycles. The van der Waals surface area contributed by atoms with E-state index >= 15 is 0 Å². The van der Waals surface area contributed by atoms with Gasteiger partial charge in [0.15, 0.2) is 5.65 Å². The predicted octanol–water partition coefficient (Wildman–Crippen LogP) is 2.78. The van der Waals surface area contributed by atoms with Gasteiger partial charge in [-0.25, -0.2) is 18.9 Å². The number of nitrogens with one attached hydrogen (secondary N) is 1. The first-order valence-electron chi connectivity index (χ1n) is 8.90. The van der Waals surface area contributed by atoms with Crippen molar-refractivity contribution in [3.63, 3.8) is 0 Å². The fourth-order valence-corrected chi connectivity index (χ4v) is 3.16. The third kappa shape index (κ3) is 3.36. The van der Waals surface area contributed by atoms with Gasteiger partial charge in [-0.3, -0.25) is 4.79 Å². The van der Waals surface area contributed by atoms with Gasteiger partial charge in [-0.15, -0.1) is 0 Å². The first-order valence-corrected chi connectivity index (χ1v) is 8.90. The van der Waals surface area contributed by atoms with E-state index in [4.69, 9.17) is 0 Å². The maximum atomic E-state index is 13.0. The van der Waals surface area contributed by atoms with Crippen molar-refractivity contribution < 1.29 is 9.18 Å². The molecule has 0 aliphatic carbocycles. The van der Waals surface area contributed by atoms with E-state index in [-0.39, 0.29) is 11.7 Å². The molecule has 3 aromatic heterocycles. The maximum Gasteiger partial charge on any atom is 0.251 e. The number of halogens is 1. The summed E-state index contributed by atoms with van der Waals surface area (Å²) in [7, 11) is 0. The molecule has 1 aromatic carbocycles. The number of carbonyl (C=O) groups excluding carboxylic acids is 1. The summed E-state index contributed by atoms with van der Waals surface area (Å²) in [5.74, 6) is 0.126. The van der Waals surface area contributed by atoms with E-state index in [1.165, 1.54) is 24.3 Å². The summed E-state index contributed by atoms with van der Waals surface area (Å²) in [6.45, 7) is 4.87. The monoisotopic (exact) mass is 378 g/mol. The lowest BCUT2D eigenvalue weighted by Crippen LogP contribution is -2.27. The summed E-state index contributed by atoms with van der Waals surface area (Å²) in [6.07, 6.45) is 5.32. The molecule has 8 heteroatoms. The SMILES string of the molecule is Cc1cc(C)n2ncc(-c3nccn3CCNC(=O)c3ccc(F)cc3)c2n1. The minimum Gasteiger partial charge on any atom is -0.350 e. The molecule has 0 radical (unpaired) electrons. The standard InChI is InChI=1S/C20H19FN6O/c1-13-11-14(2)27-19(25-13)17(12-24-27)18-22-7-9-26(18)10-8-23-20(28)15-3-5-16(21)6-4-15/h3-7,9,11-12H,8,10H2,1-2H3,(H,23,28). The Labute approximate surface area is 160 Å². The van der Waals surface area contributed by atoms with Crippen molar-refractivity contribution in [2.75, 3.05) is 6.54 Å². The lowest BCUT2D eigenvalue weighted by molar-refractivity contribution is 0.0952. The Kier molecular flexibility index (Phi) is 4.60. The van der Waals surface area contributed by atoms with Crippen molar-refractivity contribution in [2.24, 2.45) is 0 Å². The average Bonchev–Trinajstić information content (AvgIpc) is 3.28. The first kappa shape index (κ1) is 17.8. The molecule has 7 nitrogen and oxygen atoms in total. The fourth-order valence-electron chi connectivity index (χ4n) is 3.16. The van der Waals surface area contributed by atoms with Crippen LogP contribution in [0.25, 0.3) is 17.0 Å². The molecule has 0 saturated heterocycles. The Hall–Kier alpha value is -3.55. The van der Waals surface area contributed by atoms with Gasteiger partial charge in [0.25, 0.3) is 5.91 Å². The second-order valence-corrected chi connectivity index (χ2v) is 6.54. The molecule has 0 fully saturated rings. The van der Waals surface area contributed by atoms with Crippen molar-refractivity contribution in [3.8, 4) is 11.4 Å². The van der Waals surface area contributed by atoms with Gasteiger partial charge >= 0.3 is 0 Å². The molecule has 4 rings (SSSR count). The second kappa shape index (κ2) is 7.22. The number of rotatable bonds is 5. The lowest BCUT2D eigenvalue weighted by Gasteiger charge is -2.09. The molecule has 0 saturated carbocycles. The Morgan fingerprint density at radius 2 is 2.00 bits per heavy atom. The van der Waals surface area contributed by atoms with Gasteiger partial charge in [0, 0.05) is 42.4 Å². The molecule has 1 amide bonds. The minimum atomic E-state index is -0.368. The van der Waals surface area contributed by atoms with Crippen molar-refractivity contribution >= 4 is 11.6 Å². The lowest BCUT2D eigenvalue weighted by atomic mass is 10.2. The number of imidazole rings is 1. The molecule has 0 aliphatic rings. The van der Waals surface area contributed by atoms with Crippen LogP contribution in [0.1, 0.15) is 21.7 Å². The molecule has 0 spiro atoms. The second-order valence-electron chi connectivity index (χ2n) is 6.54. The van der Waals surface area contributed by atoms with Crippen LogP contribution in [0, 0.1) is 19.7 Å². The molecule has 4 aromatic rings. The first-order chi connectivity index (χ1) is 13.5. The van der Waals surface area contributed by atoms with E-state index in [0.717, 1.165) is 28.4 Å². The normalized spacial score (nSPS) is 11.1. The summed E-state index contributed by atoms with van der Waals surface area (Å²) >= 11 is 0. The summed E-state index contributed by atoms with van der Waals surface area (Å²) in [6, 6.07) is 7.43. The van der Waals surface area contributed by atoms with Crippen LogP contribution in [0.3, 0.4) is 0 Å². The zero-order valence-corrected chi connectivity index (χ0v) is 15.6. The third-order valence-corrected chi connectivity index (χ3v) is 4.48. The van der Waals surface area contributed by atoms with Crippen molar-refractivity contribution in [1.29, 1.82) is 0 Å². The van der Waals surface area contributed by atoms with Gasteiger partial charge in [-0.05, 0) is 44.2 Å². The Morgan fingerprint density at radius 1 is 1.21 bits per heavy atom. The highest BCUT2D eigenvalue weighted by molar-refractivity contribution is 5.94. The Morgan fingerprint density at radius 3 is 2.79 bits per heavy atom. The van der Waals surface area contributed by atoms with Crippen LogP contribution in [0.4, 0.5) is 4.39 Å². The van der Waals surface area contributed by atoms with Gasteiger partial charge in [-0.1, -0.05) is 0 Å². The van der Waals surface area contributed by atoms with E-state index in [1.807, 2.05) is 30.7 Å². The predicted molar refractivity (Wildman–Crippen MR) is 102 cm³/mol. The zero-order valence-electron chi connectivity index (χ0n) is 15.6. The van der Waals surface area contributed by atoms with E-state index < -0.39 is 0 Å². The molecule has 0 unspecified atom stereocenters. The van der Waals surface area contributed by atoms with Crippen LogP contribution in [-0.4, -0.2) is 36.6 Å². The number of nitrogens with zero attached hydrogens (tertiary/aromatic N) is 5. The van der Waals surface area contributed by atoms with Crippen LogP contribution in [0.15, 0.2) is 48.9 Å². The van der Waals surface area contributed by atoms with E-state index in [1.54, 1.807) is 16.9 Å². The number of carbonyl (C=O) groups is 1. The highest BCUT2D eigenvalue weighted by Gasteiger charge is 2.15. The van der Waals surface area contributed by atoms with Crippen molar-refractivity contribution in [3.05, 3.63) is 71.7 Å². The van der Waals surface area contributed by atoms with Crippen LogP contribution in [-0.2, 0) is 6.54 Å². The number of fused-ring (bicyclic) bond motifs is 1. The maximum absolute atomic E-state index is 13.0. The summed E-state index contributed by atoms with van der Waals surface area (Å²) in [5.41, 5.74) is 3.92. The highest BCUT2D eigenvalue weighted by Crippen LogP contribution is 2.22. The number of hydrogen-bond acceptors (Lipinski definition) is 4. The topological polar surface area (TPSA) is 77.1 Å². The number of amides is 1. The van der Waals surface area contributed by atoms with E-state index in [0.29, 0.717) is 18.7 Å². The van der Waals surface area contributed by atoms with Crippen molar-refractivity contribution in [2.45, 2.75) is 20.4 Å². The average molecular weight is 378 g/mol. The number of aryl methyl sites for hydroxylation is 2. The number of benzene rings is 1. The zero-order chi connectivity index (χ0) is 19.7. The highest BCUT2D eigenvalue weighted by atomic mass is 19.1. The molecule has 28 heavy (non-hydrogen) atoms. The minimum absolute atomic E-state index is 0.245. The fraction of sp³-hybridized carbons (Fsp3) is 0.200. The van der Waals surface area contributed by atoms with E-state index in [9.17, 15) is 9.18 Å². The molecular formula is C20H19FN6O. The van der Waals surface area contributed by atoms with Crippen LogP contribution >= 0.6 is 0 Å². The molecule has 0 atom stereocenters. The van der Waals surface area contributed by atoms with Gasteiger partial charge in [0.05, 0.1) is 11.8 Å². The third-order valence-electron chi connectivity index (χ3n) is 4.48. The van der Waals surface area contributed by atoms with Crippen LogP contribution in [0.5, 0.6) is 0 Å². The smallest absolute Gasteiger partial charge is 0.251 e. The van der Waals surface area contributed by atoms with Gasteiger partial charge in [-0.2, -0.15) is 5.10 Å². The van der Waals surface area contributed by atoms with Gasteiger partial charge in [0.1, 0.15) is 11.6 Å². The summed E-state index contributed by atoms with van der Waals surface area (Å²) in [4.78, 5) is 21.2. The summed E-state index contributed by atoms with van der Waals surface area (Å²) in [5, 5.41) is 7.25.